The van der Waals surface area contributed by atoms with Crippen LogP contribution in [0.5, 0.6) is 0 Å². The van der Waals surface area contributed by atoms with Gasteiger partial charge < -0.3 is 1.43 Å². The van der Waals surface area contributed by atoms with Crippen LogP contribution in [0.3, 0.4) is 0 Å². The van der Waals surface area contributed by atoms with Crippen LogP contribution < -0.4 is 74.0 Å². The van der Waals surface area contributed by atoms with Crippen molar-refractivity contribution in [2.24, 2.45) is 5.14 Å². The van der Waals surface area contributed by atoms with Gasteiger partial charge in [-0.3, -0.25) is 0 Å². The van der Waals surface area contributed by atoms with Crippen LogP contribution >= 0.6 is 0 Å². The Balaban J connectivity index is -0.0000000800. The van der Waals surface area contributed by atoms with E-state index >= 15 is 0 Å². The van der Waals surface area contributed by atoms with Crippen LogP contribution in [-0.2, 0) is 10.4 Å². The number of rotatable bonds is 0. The summed E-state index contributed by atoms with van der Waals surface area (Å²) in [7, 11) is -4.67. The molecule has 0 aliphatic heterocycles. The fraction of sp³-hybridized carbons (Fsp3) is 0. The number of halogens is 1. The van der Waals surface area contributed by atoms with Crippen molar-refractivity contribution in [3.8, 4) is 0 Å². The monoisotopic (exact) mass is 233 g/mol. The average Bonchev–Trinajstić information content (AvgIpc) is 0.722. The summed E-state index contributed by atoms with van der Waals surface area (Å²) in [5.74, 6) is 0. The normalized spacial score (nSPS) is 9.67. The first-order valence-corrected chi connectivity index (χ1v) is 2.17. The first kappa shape index (κ1) is 10.8. The Morgan fingerprint density at radius 3 is 1.67 bits per heavy atom. The Morgan fingerprint density at radius 2 is 1.67 bits per heavy atom. The molecule has 0 aromatic rings. The van der Waals surface area contributed by atoms with Gasteiger partial charge in [0.05, 0.1) is 0 Å². The molecule has 3 nitrogen and oxygen atoms in total. The van der Waals surface area contributed by atoms with E-state index in [1.165, 1.54) is 0 Å². The minimum Gasteiger partial charge on any atom is -1.00 e. The maximum atomic E-state index is 10.4. The molecule has 0 radical (unpaired) electrons. The van der Waals surface area contributed by atoms with Crippen molar-refractivity contribution in [3.05, 3.63) is 0 Å². The second-order valence-corrected chi connectivity index (χ2v) is 1.43. The molecule has 0 atom stereocenters. The number of nitrogens with two attached hydrogens (primary N) is 1. The van der Waals surface area contributed by atoms with Gasteiger partial charge in [0, 0.05) is 0 Å². The van der Waals surface area contributed by atoms with Gasteiger partial charge in [-0.15, -0.1) is 0 Å². The molecule has 2 N–H and O–H groups in total. The maximum Gasteiger partial charge on any atom is 1.00 e. The standard InChI is InChI=1S/Cs.FH2NO2S.H/c;1-5(2,3)4;/h;(H2,2,3,4);/q+1;;-1. The van der Waals surface area contributed by atoms with E-state index in [1.807, 2.05) is 0 Å². The molecule has 0 unspecified atom stereocenters. The Kier molecular flexibility index (Phi) is 6.91. The van der Waals surface area contributed by atoms with Gasteiger partial charge >= 0.3 is 79.3 Å². The van der Waals surface area contributed by atoms with Crippen molar-refractivity contribution in [3.63, 3.8) is 0 Å². The SMILES string of the molecule is NS(=O)(=O)F.[Cs+].[H-]. The van der Waals surface area contributed by atoms with Crippen LogP contribution in [0, 0.1) is 0 Å². The fourth-order valence-corrected chi connectivity index (χ4v) is 0. The van der Waals surface area contributed by atoms with Crippen molar-refractivity contribution in [2.75, 3.05) is 0 Å². The maximum absolute atomic E-state index is 10.4. The molecule has 34 valence electrons. The topological polar surface area (TPSA) is 60.2 Å². The zero-order valence-corrected chi connectivity index (χ0v) is 10.3. The molecule has 6 heavy (non-hydrogen) atoms. The molecular weight excluding hydrogens is 230 g/mol. The first-order valence-electron chi connectivity index (χ1n) is 0.723. The summed E-state index contributed by atoms with van der Waals surface area (Å²) in [6.45, 7) is 0. The van der Waals surface area contributed by atoms with Crippen molar-refractivity contribution < 1.29 is 82.6 Å². The Hall–Kier alpha value is 1.89. The molecule has 0 aromatic heterocycles. The second-order valence-electron chi connectivity index (χ2n) is 0.476. The smallest absolute Gasteiger partial charge is 1.00 e. The quantitative estimate of drug-likeness (QED) is 0.437. The van der Waals surface area contributed by atoms with E-state index in [1.54, 1.807) is 0 Å². The van der Waals surface area contributed by atoms with Crippen molar-refractivity contribution in [1.29, 1.82) is 0 Å². The van der Waals surface area contributed by atoms with E-state index in [4.69, 9.17) is 8.42 Å². The van der Waals surface area contributed by atoms with E-state index in [0.29, 0.717) is 0 Å². The predicted octanol–water partition coefficient (Wildman–Crippen LogP) is -3.72. The van der Waals surface area contributed by atoms with E-state index in [2.05, 4.69) is 5.14 Å². The average molecular weight is 233 g/mol. The summed E-state index contributed by atoms with van der Waals surface area (Å²) in [6.07, 6.45) is 0. The first-order chi connectivity index (χ1) is 2.00. The predicted molar refractivity (Wildman–Crippen MR) is 15.3 cm³/mol. The molecule has 0 amide bonds. The minimum absolute atomic E-state index is 0. The van der Waals surface area contributed by atoms with Crippen LogP contribution in [0.15, 0.2) is 0 Å². The molecule has 0 spiro atoms. The summed E-state index contributed by atoms with van der Waals surface area (Å²) >= 11 is 0. The van der Waals surface area contributed by atoms with E-state index in [0.717, 1.165) is 0 Å². The molecule has 0 bridgehead atoms. The van der Waals surface area contributed by atoms with Gasteiger partial charge in [0.1, 0.15) is 0 Å². The van der Waals surface area contributed by atoms with Gasteiger partial charge in [-0.1, -0.05) is 3.89 Å². The van der Waals surface area contributed by atoms with Gasteiger partial charge in [0.15, 0.2) is 0 Å². The van der Waals surface area contributed by atoms with Crippen LogP contribution in [0.1, 0.15) is 1.43 Å². The minimum atomic E-state index is -4.67. The Labute approximate surface area is 95.7 Å². The zero-order valence-electron chi connectivity index (χ0n) is 4.18. The van der Waals surface area contributed by atoms with Gasteiger partial charge in [0.2, 0.25) is 0 Å². The molecule has 0 aliphatic carbocycles. The molecule has 0 saturated carbocycles. The summed E-state index contributed by atoms with van der Waals surface area (Å²) in [5.41, 5.74) is 0. The summed E-state index contributed by atoms with van der Waals surface area (Å²) < 4.78 is 27.9. The van der Waals surface area contributed by atoms with Crippen LogP contribution in [0.2, 0.25) is 0 Å². The zero-order chi connectivity index (χ0) is 4.50. The number of hydrogen-bond donors (Lipinski definition) is 1. The summed E-state index contributed by atoms with van der Waals surface area (Å²) in [5, 5.41) is 3.66. The fourth-order valence-electron chi connectivity index (χ4n) is 0. The Bertz CT molecular complexity index is 101. The van der Waals surface area contributed by atoms with Crippen molar-refractivity contribution in [2.45, 2.75) is 0 Å². The second kappa shape index (κ2) is 3.84. The van der Waals surface area contributed by atoms with Gasteiger partial charge in [-0.25, -0.2) is 5.14 Å². The van der Waals surface area contributed by atoms with Crippen molar-refractivity contribution in [1.82, 2.24) is 0 Å². The van der Waals surface area contributed by atoms with Gasteiger partial charge in [-0.2, -0.15) is 8.42 Å². The van der Waals surface area contributed by atoms with Crippen LogP contribution in [-0.4, -0.2) is 8.42 Å². The van der Waals surface area contributed by atoms with Crippen molar-refractivity contribution >= 4 is 10.4 Å². The third-order valence-corrected chi connectivity index (χ3v) is 0. The molecule has 0 heterocycles. The van der Waals surface area contributed by atoms with Crippen LogP contribution in [0.4, 0.5) is 3.89 Å². The molecule has 0 aliphatic rings. The molecule has 0 rings (SSSR count). The third-order valence-electron chi connectivity index (χ3n) is 0. The van der Waals surface area contributed by atoms with E-state index in [9.17, 15) is 3.89 Å². The van der Waals surface area contributed by atoms with E-state index < -0.39 is 10.4 Å². The molecule has 0 saturated heterocycles. The van der Waals surface area contributed by atoms with E-state index in [-0.39, 0.29) is 70.3 Å². The number of hydrogen-bond acceptors (Lipinski definition) is 2. The molecule has 6 heteroatoms. The van der Waals surface area contributed by atoms with Gasteiger partial charge in [0.25, 0.3) is 0 Å². The van der Waals surface area contributed by atoms with Gasteiger partial charge in [-0.05, 0) is 0 Å². The Morgan fingerprint density at radius 1 is 1.67 bits per heavy atom. The summed E-state index contributed by atoms with van der Waals surface area (Å²) in [4.78, 5) is 0. The summed E-state index contributed by atoms with van der Waals surface area (Å²) in [6, 6.07) is 0. The molecule has 0 aromatic carbocycles. The molecular formula is H3CsFNO2S. The largest absolute Gasteiger partial charge is 1.00 e. The molecule has 0 fully saturated rings. The van der Waals surface area contributed by atoms with Crippen LogP contribution in [0.25, 0.3) is 0 Å². The third kappa shape index (κ3) is 39.4.